The molecule has 1 aliphatic rings. The summed E-state index contributed by atoms with van der Waals surface area (Å²) in [6.45, 7) is 6.75. The summed E-state index contributed by atoms with van der Waals surface area (Å²) >= 11 is 6.10. The monoisotopic (exact) mass is 297 g/mol. The van der Waals surface area contributed by atoms with Gasteiger partial charge in [0.25, 0.3) is 0 Å². The number of nitrogens with one attached hydrogen (secondary N) is 1. The molecule has 20 heavy (non-hydrogen) atoms. The predicted octanol–water partition coefficient (Wildman–Crippen LogP) is 3.44. The van der Waals surface area contributed by atoms with Gasteiger partial charge in [0.05, 0.1) is 12.2 Å². The lowest BCUT2D eigenvalue weighted by Gasteiger charge is -2.15. The molecular formula is C16H24ClNO2. The number of ether oxygens (including phenoxy) is 2. The van der Waals surface area contributed by atoms with E-state index in [1.54, 1.807) is 0 Å². The molecule has 1 saturated heterocycles. The fourth-order valence-electron chi connectivity index (χ4n) is 2.46. The van der Waals surface area contributed by atoms with Crippen molar-refractivity contribution in [1.82, 2.24) is 5.32 Å². The lowest BCUT2D eigenvalue weighted by atomic mass is 10.1. The summed E-state index contributed by atoms with van der Waals surface area (Å²) in [6, 6.07) is 5.85. The van der Waals surface area contributed by atoms with E-state index in [1.807, 2.05) is 18.2 Å². The summed E-state index contributed by atoms with van der Waals surface area (Å²) in [7, 11) is 0. The number of aryl methyl sites for hydroxylation is 1. The third kappa shape index (κ3) is 4.37. The molecule has 2 atom stereocenters. The second kappa shape index (κ2) is 7.87. The van der Waals surface area contributed by atoms with Crippen molar-refractivity contribution in [3.8, 4) is 5.75 Å². The van der Waals surface area contributed by atoms with Gasteiger partial charge in [-0.1, -0.05) is 25.4 Å². The van der Waals surface area contributed by atoms with E-state index in [4.69, 9.17) is 21.1 Å². The van der Waals surface area contributed by atoms with Crippen molar-refractivity contribution in [1.29, 1.82) is 0 Å². The third-order valence-electron chi connectivity index (χ3n) is 3.65. The van der Waals surface area contributed by atoms with E-state index in [0.717, 1.165) is 48.7 Å². The van der Waals surface area contributed by atoms with Crippen LogP contribution in [0.5, 0.6) is 5.75 Å². The molecule has 0 spiro atoms. The molecule has 1 aromatic rings. The van der Waals surface area contributed by atoms with Crippen molar-refractivity contribution >= 4 is 11.6 Å². The van der Waals surface area contributed by atoms with E-state index in [9.17, 15) is 0 Å². The average Bonchev–Trinajstić information content (AvgIpc) is 2.92. The first kappa shape index (κ1) is 15.6. The average molecular weight is 298 g/mol. The molecule has 1 aromatic carbocycles. The standard InChI is InChI=1S/C16H24ClNO2/c1-3-12-9-13(7-8-16(12)17)19-11-15-6-5-14(20-15)10-18-4-2/h7-9,14-15,18H,3-6,10-11H2,1-2H3. The van der Waals surface area contributed by atoms with E-state index < -0.39 is 0 Å². The molecule has 1 heterocycles. The lowest BCUT2D eigenvalue weighted by Crippen LogP contribution is -2.28. The number of hydrogen-bond acceptors (Lipinski definition) is 3. The molecule has 0 aliphatic carbocycles. The molecule has 1 aliphatic heterocycles. The largest absolute Gasteiger partial charge is 0.491 e. The van der Waals surface area contributed by atoms with Crippen LogP contribution in [0.15, 0.2) is 18.2 Å². The zero-order valence-electron chi connectivity index (χ0n) is 12.3. The maximum Gasteiger partial charge on any atom is 0.119 e. The topological polar surface area (TPSA) is 30.5 Å². The first-order valence-corrected chi connectivity index (χ1v) is 7.88. The van der Waals surface area contributed by atoms with Gasteiger partial charge in [0.1, 0.15) is 12.4 Å². The molecule has 2 unspecified atom stereocenters. The van der Waals surface area contributed by atoms with Crippen LogP contribution in [-0.2, 0) is 11.2 Å². The number of halogens is 1. The van der Waals surface area contributed by atoms with Crippen LogP contribution in [0.2, 0.25) is 5.02 Å². The van der Waals surface area contributed by atoms with E-state index in [2.05, 4.69) is 19.2 Å². The van der Waals surface area contributed by atoms with Crippen LogP contribution < -0.4 is 10.1 Å². The fourth-order valence-corrected chi connectivity index (χ4v) is 2.71. The Kier molecular flexibility index (Phi) is 6.14. The van der Waals surface area contributed by atoms with E-state index >= 15 is 0 Å². The molecule has 2 rings (SSSR count). The molecule has 3 nitrogen and oxygen atoms in total. The van der Waals surface area contributed by atoms with Gasteiger partial charge in [0, 0.05) is 11.6 Å². The molecule has 1 fully saturated rings. The summed E-state index contributed by atoms with van der Waals surface area (Å²) in [5, 5.41) is 4.13. The number of rotatable bonds is 7. The summed E-state index contributed by atoms with van der Waals surface area (Å²) in [6.07, 6.45) is 3.65. The summed E-state index contributed by atoms with van der Waals surface area (Å²) in [5.41, 5.74) is 1.13. The maximum atomic E-state index is 6.10. The second-order valence-electron chi connectivity index (χ2n) is 5.18. The van der Waals surface area contributed by atoms with Crippen LogP contribution in [-0.4, -0.2) is 31.9 Å². The van der Waals surface area contributed by atoms with Gasteiger partial charge in [-0.2, -0.15) is 0 Å². The summed E-state index contributed by atoms with van der Waals surface area (Å²) in [5.74, 6) is 0.880. The second-order valence-corrected chi connectivity index (χ2v) is 5.59. The maximum absolute atomic E-state index is 6.10. The van der Waals surface area contributed by atoms with Crippen molar-refractivity contribution < 1.29 is 9.47 Å². The Balaban J connectivity index is 1.78. The molecule has 0 amide bonds. The molecule has 4 heteroatoms. The molecule has 112 valence electrons. The zero-order chi connectivity index (χ0) is 14.4. The SMILES string of the molecule is CCNCC1CCC(COc2ccc(Cl)c(CC)c2)O1. The highest BCUT2D eigenvalue weighted by molar-refractivity contribution is 6.31. The fraction of sp³-hybridized carbons (Fsp3) is 0.625. The summed E-state index contributed by atoms with van der Waals surface area (Å²) < 4.78 is 11.8. The van der Waals surface area contributed by atoms with Crippen LogP contribution in [0.1, 0.15) is 32.3 Å². The van der Waals surface area contributed by atoms with Gasteiger partial charge in [-0.15, -0.1) is 0 Å². The molecule has 0 radical (unpaired) electrons. The summed E-state index contributed by atoms with van der Waals surface area (Å²) in [4.78, 5) is 0. The highest BCUT2D eigenvalue weighted by Crippen LogP contribution is 2.24. The number of benzene rings is 1. The van der Waals surface area contributed by atoms with E-state index in [0.29, 0.717) is 12.7 Å². The Bertz CT molecular complexity index is 425. The van der Waals surface area contributed by atoms with Gasteiger partial charge < -0.3 is 14.8 Å². The van der Waals surface area contributed by atoms with Crippen molar-refractivity contribution in [2.75, 3.05) is 19.7 Å². The smallest absolute Gasteiger partial charge is 0.119 e. The zero-order valence-corrected chi connectivity index (χ0v) is 13.1. The van der Waals surface area contributed by atoms with Gasteiger partial charge in [-0.3, -0.25) is 0 Å². The number of likely N-dealkylation sites (N-methyl/N-ethyl adjacent to an activating group) is 1. The molecule has 0 bridgehead atoms. The van der Waals surface area contributed by atoms with Crippen LogP contribution in [0.3, 0.4) is 0 Å². The van der Waals surface area contributed by atoms with Gasteiger partial charge in [0.2, 0.25) is 0 Å². The molecular weight excluding hydrogens is 274 g/mol. The van der Waals surface area contributed by atoms with Gasteiger partial charge in [-0.05, 0) is 49.6 Å². The van der Waals surface area contributed by atoms with Crippen LogP contribution in [0.25, 0.3) is 0 Å². The van der Waals surface area contributed by atoms with Crippen molar-refractivity contribution in [2.45, 2.75) is 45.3 Å². The van der Waals surface area contributed by atoms with E-state index in [1.165, 1.54) is 0 Å². The van der Waals surface area contributed by atoms with Crippen LogP contribution >= 0.6 is 11.6 Å². The first-order valence-electron chi connectivity index (χ1n) is 7.50. The molecule has 0 saturated carbocycles. The van der Waals surface area contributed by atoms with Gasteiger partial charge >= 0.3 is 0 Å². The van der Waals surface area contributed by atoms with Gasteiger partial charge in [-0.25, -0.2) is 0 Å². The van der Waals surface area contributed by atoms with E-state index in [-0.39, 0.29) is 6.10 Å². The van der Waals surface area contributed by atoms with Gasteiger partial charge in [0.15, 0.2) is 0 Å². The third-order valence-corrected chi connectivity index (χ3v) is 4.02. The minimum absolute atomic E-state index is 0.208. The quantitative estimate of drug-likeness (QED) is 0.836. The lowest BCUT2D eigenvalue weighted by molar-refractivity contribution is 0.0188. The van der Waals surface area contributed by atoms with Crippen molar-refractivity contribution in [3.05, 3.63) is 28.8 Å². The highest BCUT2D eigenvalue weighted by atomic mass is 35.5. The molecule has 0 aromatic heterocycles. The minimum Gasteiger partial charge on any atom is -0.491 e. The van der Waals surface area contributed by atoms with Crippen molar-refractivity contribution in [2.24, 2.45) is 0 Å². The Morgan fingerprint density at radius 1 is 1.30 bits per heavy atom. The Labute approximate surface area is 126 Å². The predicted molar refractivity (Wildman–Crippen MR) is 82.8 cm³/mol. The molecule has 1 N–H and O–H groups in total. The van der Waals surface area contributed by atoms with Crippen LogP contribution in [0, 0.1) is 0 Å². The Hall–Kier alpha value is -0.770. The minimum atomic E-state index is 0.208. The Morgan fingerprint density at radius 3 is 2.85 bits per heavy atom. The number of hydrogen-bond donors (Lipinski definition) is 1. The Morgan fingerprint density at radius 2 is 2.10 bits per heavy atom. The van der Waals surface area contributed by atoms with Crippen molar-refractivity contribution in [3.63, 3.8) is 0 Å². The first-order chi connectivity index (χ1) is 9.72. The normalized spacial score (nSPS) is 22.1. The highest BCUT2D eigenvalue weighted by Gasteiger charge is 2.25. The van der Waals surface area contributed by atoms with Crippen LogP contribution in [0.4, 0.5) is 0 Å².